The molecule has 3 heterocycles. The minimum atomic E-state index is -0.256. The second-order valence-corrected chi connectivity index (χ2v) is 5.57. The first-order chi connectivity index (χ1) is 9.65. The maximum atomic E-state index is 12.1. The number of carbonyl (C=O) groups excluding carboxylic acids is 2. The molecule has 1 saturated heterocycles. The van der Waals surface area contributed by atoms with Crippen LogP contribution in [0, 0.1) is 0 Å². The van der Waals surface area contributed by atoms with E-state index >= 15 is 0 Å². The van der Waals surface area contributed by atoms with E-state index in [0.29, 0.717) is 33.9 Å². The lowest BCUT2D eigenvalue weighted by molar-refractivity contribution is -0.119. The van der Waals surface area contributed by atoms with Crippen LogP contribution in [0.15, 0.2) is 12.4 Å². The van der Waals surface area contributed by atoms with Crippen LogP contribution in [-0.2, 0) is 4.79 Å². The van der Waals surface area contributed by atoms with Crippen LogP contribution in [0.4, 0.5) is 5.69 Å². The van der Waals surface area contributed by atoms with E-state index in [1.807, 2.05) is 0 Å². The Kier molecular flexibility index (Phi) is 3.23. The maximum absolute atomic E-state index is 12.1. The molecule has 8 heteroatoms. The van der Waals surface area contributed by atoms with E-state index in [-0.39, 0.29) is 17.9 Å². The zero-order valence-corrected chi connectivity index (χ0v) is 11.4. The first-order valence-electron chi connectivity index (χ1n) is 6.21. The SMILES string of the molecule is Nc1c(C(=O)NCC2CCC(=O)N2)sc2nccnc12. The van der Waals surface area contributed by atoms with Crippen molar-refractivity contribution in [2.75, 3.05) is 12.3 Å². The van der Waals surface area contributed by atoms with Crippen molar-refractivity contribution in [3.8, 4) is 0 Å². The second kappa shape index (κ2) is 5.04. The molecule has 4 N–H and O–H groups in total. The van der Waals surface area contributed by atoms with E-state index in [0.717, 1.165) is 6.42 Å². The smallest absolute Gasteiger partial charge is 0.263 e. The molecule has 3 rings (SSSR count). The van der Waals surface area contributed by atoms with Gasteiger partial charge in [-0.2, -0.15) is 0 Å². The van der Waals surface area contributed by atoms with Gasteiger partial charge >= 0.3 is 0 Å². The highest BCUT2D eigenvalue weighted by Crippen LogP contribution is 2.30. The number of nitrogens with zero attached hydrogens (tertiary/aromatic N) is 2. The Morgan fingerprint density at radius 1 is 1.50 bits per heavy atom. The molecule has 0 aromatic carbocycles. The van der Waals surface area contributed by atoms with Gasteiger partial charge in [0.1, 0.15) is 15.2 Å². The maximum Gasteiger partial charge on any atom is 0.263 e. The summed E-state index contributed by atoms with van der Waals surface area (Å²) >= 11 is 1.22. The molecule has 2 aromatic heterocycles. The van der Waals surface area contributed by atoms with Crippen LogP contribution < -0.4 is 16.4 Å². The van der Waals surface area contributed by atoms with Gasteiger partial charge in [0.05, 0.1) is 5.69 Å². The van der Waals surface area contributed by atoms with Gasteiger partial charge in [-0.3, -0.25) is 9.59 Å². The summed E-state index contributed by atoms with van der Waals surface area (Å²) in [5.74, 6) is -0.229. The van der Waals surface area contributed by atoms with Crippen LogP contribution in [0.3, 0.4) is 0 Å². The standard InChI is InChI=1S/C12H13N5O2S/c13-8-9-12(15-4-3-14-9)20-10(8)11(19)16-5-6-1-2-7(18)17-6/h3-4,6H,1-2,5,13H2,(H,16,19)(H,17,18). The average molecular weight is 291 g/mol. The summed E-state index contributed by atoms with van der Waals surface area (Å²) in [5.41, 5.74) is 6.83. The zero-order valence-electron chi connectivity index (χ0n) is 10.5. The van der Waals surface area contributed by atoms with Crippen LogP contribution in [0.5, 0.6) is 0 Å². The number of rotatable bonds is 3. The van der Waals surface area contributed by atoms with Crippen LogP contribution in [-0.4, -0.2) is 34.4 Å². The van der Waals surface area contributed by atoms with Crippen LogP contribution in [0.2, 0.25) is 0 Å². The van der Waals surface area contributed by atoms with Crippen molar-refractivity contribution in [3.63, 3.8) is 0 Å². The molecule has 0 spiro atoms. The van der Waals surface area contributed by atoms with Crippen molar-refractivity contribution in [2.24, 2.45) is 0 Å². The summed E-state index contributed by atoms with van der Waals surface area (Å²) in [4.78, 5) is 32.5. The van der Waals surface area contributed by atoms with Gasteiger partial charge in [0.25, 0.3) is 5.91 Å². The third kappa shape index (κ3) is 2.29. The van der Waals surface area contributed by atoms with Crippen LogP contribution >= 0.6 is 11.3 Å². The molecule has 1 unspecified atom stereocenters. The molecule has 1 aliphatic rings. The molecule has 1 atom stereocenters. The number of carbonyl (C=O) groups is 2. The lowest BCUT2D eigenvalue weighted by Gasteiger charge is -2.10. The largest absolute Gasteiger partial charge is 0.396 e. The van der Waals surface area contributed by atoms with Crippen LogP contribution in [0.1, 0.15) is 22.5 Å². The third-order valence-electron chi connectivity index (χ3n) is 3.16. The molecular weight excluding hydrogens is 278 g/mol. The lowest BCUT2D eigenvalue weighted by Crippen LogP contribution is -2.38. The fraction of sp³-hybridized carbons (Fsp3) is 0.333. The highest BCUT2D eigenvalue weighted by Gasteiger charge is 2.23. The minimum Gasteiger partial charge on any atom is -0.396 e. The van der Waals surface area contributed by atoms with E-state index < -0.39 is 0 Å². The van der Waals surface area contributed by atoms with Crippen LogP contribution in [0.25, 0.3) is 10.3 Å². The van der Waals surface area contributed by atoms with Gasteiger partial charge < -0.3 is 16.4 Å². The Bertz CT molecular complexity index is 684. The number of nitrogen functional groups attached to an aromatic ring is 1. The average Bonchev–Trinajstić information content (AvgIpc) is 3.01. The fourth-order valence-corrected chi connectivity index (χ4v) is 3.08. The van der Waals surface area contributed by atoms with Crippen molar-refractivity contribution >= 4 is 39.2 Å². The summed E-state index contributed by atoms with van der Waals surface area (Å²) in [7, 11) is 0. The lowest BCUT2D eigenvalue weighted by atomic mass is 10.2. The molecule has 1 aliphatic heterocycles. The van der Waals surface area contributed by atoms with Crippen molar-refractivity contribution in [1.82, 2.24) is 20.6 Å². The Morgan fingerprint density at radius 3 is 3.00 bits per heavy atom. The molecule has 7 nitrogen and oxygen atoms in total. The molecule has 2 amide bonds. The Hall–Kier alpha value is -2.22. The van der Waals surface area contributed by atoms with Crippen molar-refractivity contribution in [3.05, 3.63) is 17.3 Å². The number of amides is 2. The topological polar surface area (TPSA) is 110 Å². The van der Waals surface area contributed by atoms with E-state index in [9.17, 15) is 9.59 Å². The number of fused-ring (bicyclic) bond motifs is 1. The minimum absolute atomic E-state index is 0.00157. The van der Waals surface area contributed by atoms with Gasteiger partial charge in [-0.1, -0.05) is 0 Å². The number of thiophene rings is 1. The van der Waals surface area contributed by atoms with Crippen molar-refractivity contribution < 1.29 is 9.59 Å². The quantitative estimate of drug-likeness (QED) is 0.752. The monoisotopic (exact) mass is 291 g/mol. The molecule has 20 heavy (non-hydrogen) atoms. The van der Waals surface area contributed by atoms with Gasteiger partial charge in [0, 0.05) is 31.4 Å². The summed E-state index contributed by atoms with van der Waals surface area (Å²) in [6, 6.07) is -0.00157. The van der Waals surface area contributed by atoms with Gasteiger partial charge in [0.2, 0.25) is 5.91 Å². The molecule has 0 saturated carbocycles. The molecular formula is C12H13N5O2S. The number of nitrogens with two attached hydrogens (primary N) is 1. The molecule has 0 radical (unpaired) electrons. The van der Waals surface area contributed by atoms with E-state index in [4.69, 9.17) is 5.73 Å². The third-order valence-corrected chi connectivity index (χ3v) is 4.26. The predicted molar refractivity (Wildman–Crippen MR) is 75.3 cm³/mol. The van der Waals surface area contributed by atoms with Gasteiger partial charge in [-0.05, 0) is 6.42 Å². The van der Waals surface area contributed by atoms with Crippen molar-refractivity contribution in [1.29, 1.82) is 0 Å². The summed E-state index contributed by atoms with van der Waals surface area (Å²) in [6.07, 6.45) is 4.36. The molecule has 0 bridgehead atoms. The number of anilines is 1. The second-order valence-electron chi connectivity index (χ2n) is 4.57. The number of nitrogens with one attached hydrogen (secondary N) is 2. The predicted octanol–water partition coefficient (Wildman–Crippen LogP) is 0.282. The first-order valence-corrected chi connectivity index (χ1v) is 7.03. The first kappa shape index (κ1) is 12.8. The highest BCUT2D eigenvalue weighted by molar-refractivity contribution is 7.21. The molecule has 1 fully saturated rings. The summed E-state index contributed by atoms with van der Waals surface area (Å²) in [5, 5.41) is 5.58. The number of hydrogen-bond donors (Lipinski definition) is 3. The van der Waals surface area contributed by atoms with E-state index in [2.05, 4.69) is 20.6 Å². The Balaban J connectivity index is 1.72. The molecule has 2 aromatic rings. The van der Waals surface area contributed by atoms with Gasteiger partial charge in [-0.25, -0.2) is 9.97 Å². The number of hydrogen-bond acceptors (Lipinski definition) is 6. The molecule has 104 valence electrons. The highest BCUT2D eigenvalue weighted by atomic mass is 32.1. The van der Waals surface area contributed by atoms with E-state index in [1.54, 1.807) is 12.4 Å². The summed E-state index contributed by atoms with van der Waals surface area (Å²) in [6.45, 7) is 0.402. The molecule has 0 aliphatic carbocycles. The van der Waals surface area contributed by atoms with Gasteiger partial charge in [-0.15, -0.1) is 11.3 Å². The van der Waals surface area contributed by atoms with Crippen molar-refractivity contribution in [2.45, 2.75) is 18.9 Å². The normalized spacial score (nSPS) is 18.2. The Labute approximate surface area is 118 Å². The van der Waals surface area contributed by atoms with Gasteiger partial charge in [0.15, 0.2) is 0 Å². The zero-order chi connectivity index (χ0) is 14.1. The Morgan fingerprint density at radius 2 is 2.30 bits per heavy atom. The summed E-state index contributed by atoms with van der Waals surface area (Å²) < 4.78 is 0. The fourth-order valence-electron chi connectivity index (χ4n) is 2.14. The number of aromatic nitrogens is 2. The van der Waals surface area contributed by atoms with E-state index in [1.165, 1.54) is 11.3 Å².